The second-order valence-electron chi connectivity index (χ2n) is 6.30. The average molecular weight is 338 g/mol. The number of benzene rings is 2. The third-order valence-electron chi connectivity index (χ3n) is 4.51. The summed E-state index contributed by atoms with van der Waals surface area (Å²) in [7, 11) is 5.27. The van der Waals surface area contributed by atoms with Gasteiger partial charge < -0.3 is 14.5 Å². The largest absolute Gasteiger partial charge is 0.465 e. The first-order chi connectivity index (χ1) is 12.0. The zero-order chi connectivity index (χ0) is 18.0. The van der Waals surface area contributed by atoms with Gasteiger partial charge in [0.05, 0.1) is 12.7 Å². The van der Waals surface area contributed by atoms with Gasteiger partial charge in [0.15, 0.2) is 0 Å². The fourth-order valence-electron chi connectivity index (χ4n) is 3.21. The number of carbonyl (C=O) groups excluding carboxylic acids is 2. The Kier molecular flexibility index (Phi) is 4.74. The molecule has 5 heteroatoms. The normalized spacial score (nSPS) is 13.2. The van der Waals surface area contributed by atoms with Gasteiger partial charge in [-0.3, -0.25) is 4.79 Å². The van der Waals surface area contributed by atoms with Crippen LogP contribution in [-0.2, 0) is 11.2 Å². The molecule has 0 bridgehead atoms. The Morgan fingerprint density at radius 3 is 2.60 bits per heavy atom. The fourth-order valence-corrected chi connectivity index (χ4v) is 3.21. The Labute approximate surface area is 147 Å². The second kappa shape index (κ2) is 6.97. The Hall–Kier alpha value is -2.82. The van der Waals surface area contributed by atoms with E-state index in [-0.39, 0.29) is 11.9 Å². The van der Waals surface area contributed by atoms with Crippen LogP contribution >= 0.6 is 0 Å². The van der Waals surface area contributed by atoms with E-state index in [1.165, 1.54) is 7.11 Å². The van der Waals surface area contributed by atoms with Crippen molar-refractivity contribution < 1.29 is 14.3 Å². The first kappa shape index (κ1) is 17.0. The summed E-state index contributed by atoms with van der Waals surface area (Å²) in [5.74, 6) is -0.410. The van der Waals surface area contributed by atoms with Crippen LogP contribution in [0.3, 0.4) is 0 Å². The van der Waals surface area contributed by atoms with Gasteiger partial charge in [0, 0.05) is 37.6 Å². The lowest BCUT2D eigenvalue weighted by Crippen LogP contribution is -2.36. The quantitative estimate of drug-likeness (QED) is 0.807. The first-order valence-corrected chi connectivity index (χ1v) is 8.32. The molecule has 2 aromatic carbocycles. The summed E-state index contributed by atoms with van der Waals surface area (Å²) in [6.45, 7) is 0.642. The molecule has 0 radical (unpaired) electrons. The van der Waals surface area contributed by atoms with Crippen LogP contribution in [0.25, 0.3) is 0 Å². The second-order valence-corrected chi connectivity index (χ2v) is 6.30. The number of fused-ring (bicyclic) bond motifs is 1. The zero-order valence-corrected chi connectivity index (χ0v) is 14.8. The van der Waals surface area contributed by atoms with E-state index in [0.717, 1.165) is 29.8 Å². The highest BCUT2D eigenvalue weighted by Crippen LogP contribution is 2.31. The minimum Gasteiger partial charge on any atom is -0.465 e. The number of hydrogen-bond donors (Lipinski definition) is 0. The Bertz CT molecular complexity index is 814. The number of nitrogens with zero attached hydrogens (tertiary/aromatic N) is 2. The number of hydrogen-bond acceptors (Lipinski definition) is 4. The van der Waals surface area contributed by atoms with Gasteiger partial charge in [0.2, 0.25) is 0 Å². The standard InChI is InChI=1S/C20H22N2O3/c1-21(2)15-8-4-7-14(13-15)19(23)22-12-6-10-16-17(20(24)25-3)9-5-11-18(16)22/h4-5,7-9,11,13H,6,10,12H2,1-3H3. The van der Waals surface area contributed by atoms with Crippen LogP contribution in [0, 0.1) is 0 Å². The van der Waals surface area contributed by atoms with Gasteiger partial charge in [-0.25, -0.2) is 4.79 Å². The number of esters is 1. The molecule has 0 fully saturated rings. The van der Waals surface area contributed by atoms with Crippen molar-refractivity contribution in [1.82, 2.24) is 0 Å². The molecule has 0 N–H and O–H groups in total. The minimum atomic E-state index is -0.360. The van der Waals surface area contributed by atoms with Crippen LogP contribution in [0.4, 0.5) is 11.4 Å². The van der Waals surface area contributed by atoms with E-state index >= 15 is 0 Å². The van der Waals surface area contributed by atoms with Gasteiger partial charge in [-0.15, -0.1) is 0 Å². The van der Waals surface area contributed by atoms with Crippen molar-refractivity contribution in [2.45, 2.75) is 12.8 Å². The fraction of sp³-hybridized carbons (Fsp3) is 0.300. The third kappa shape index (κ3) is 3.22. The Morgan fingerprint density at radius 2 is 1.88 bits per heavy atom. The van der Waals surface area contributed by atoms with Crippen molar-refractivity contribution in [3.8, 4) is 0 Å². The molecule has 3 rings (SSSR count). The maximum absolute atomic E-state index is 13.1. The number of amides is 1. The van der Waals surface area contributed by atoms with Crippen LogP contribution in [0.15, 0.2) is 42.5 Å². The number of anilines is 2. The third-order valence-corrected chi connectivity index (χ3v) is 4.51. The molecular weight excluding hydrogens is 316 g/mol. The van der Waals surface area contributed by atoms with E-state index in [0.29, 0.717) is 17.7 Å². The smallest absolute Gasteiger partial charge is 0.338 e. The van der Waals surface area contributed by atoms with Gasteiger partial charge in [-0.2, -0.15) is 0 Å². The highest BCUT2D eigenvalue weighted by atomic mass is 16.5. The molecule has 0 saturated carbocycles. The summed E-state index contributed by atoms with van der Waals surface area (Å²) >= 11 is 0. The predicted octanol–water partition coefficient (Wildman–Crippen LogP) is 3.13. The maximum Gasteiger partial charge on any atom is 0.338 e. The van der Waals surface area contributed by atoms with Crippen molar-refractivity contribution >= 4 is 23.3 Å². The van der Waals surface area contributed by atoms with E-state index in [2.05, 4.69) is 0 Å². The molecule has 0 aliphatic carbocycles. The maximum atomic E-state index is 13.1. The van der Waals surface area contributed by atoms with E-state index in [9.17, 15) is 9.59 Å². The molecule has 130 valence electrons. The molecule has 1 amide bonds. The van der Waals surface area contributed by atoms with E-state index in [1.807, 2.05) is 49.3 Å². The molecule has 0 unspecified atom stereocenters. The number of methoxy groups -OCH3 is 1. The molecule has 0 aromatic heterocycles. The van der Waals surface area contributed by atoms with Gasteiger partial charge in [-0.05, 0) is 48.7 Å². The summed E-state index contributed by atoms with van der Waals surface area (Å²) in [6, 6.07) is 13.0. The van der Waals surface area contributed by atoms with Gasteiger partial charge in [0.1, 0.15) is 0 Å². The van der Waals surface area contributed by atoms with E-state index in [1.54, 1.807) is 17.0 Å². The summed E-state index contributed by atoms with van der Waals surface area (Å²) < 4.78 is 4.88. The van der Waals surface area contributed by atoms with Crippen molar-refractivity contribution in [2.75, 3.05) is 37.5 Å². The topological polar surface area (TPSA) is 49.9 Å². The first-order valence-electron chi connectivity index (χ1n) is 8.32. The van der Waals surface area contributed by atoms with E-state index in [4.69, 9.17) is 4.74 Å². The average Bonchev–Trinajstić information content (AvgIpc) is 2.65. The van der Waals surface area contributed by atoms with E-state index < -0.39 is 0 Å². The molecule has 5 nitrogen and oxygen atoms in total. The molecule has 1 aliphatic heterocycles. The lowest BCUT2D eigenvalue weighted by atomic mass is 9.95. The molecule has 1 heterocycles. The number of ether oxygens (including phenoxy) is 1. The van der Waals surface area contributed by atoms with Crippen molar-refractivity contribution in [3.63, 3.8) is 0 Å². The van der Waals surface area contributed by atoms with Crippen LogP contribution in [0.5, 0.6) is 0 Å². The molecular formula is C20H22N2O3. The SMILES string of the molecule is COC(=O)c1cccc2c1CCCN2C(=O)c1cccc(N(C)C)c1. The molecule has 2 aromatic rings. The zero-order valence-electron chi connectivity index (χ0n) is 14.8. The monoisotopic (exact) mass is 338 g/mol. The van der Waals surface area contributed by atoms with Gasteiger partial charge >= 0.3 is 5.97 Å². The highest BCUT2D eigenvalue weighted by molar-refractivity contribution is 6.08. The van der Waals surface area contributed by atoms with Crippen molar-refractivity contribution in [2.24, 2.45) is 0 Å². The Morgan fingerprint density at radius 1 is 1.12 bits per heavy atom. The molecule has 0 atom stereocenters. The molecule has 25 heavy (non-hydrogen) atoms. The minimum absolute atomic E-state index is 0.0494. The summed E-state index contributed by atoms with van der Waals surface area (Å²) in [5.41, 5.74) is 3.85. The lowest BCUT2D eigenvalue weighted by Gasteiger charge is -2.30. The highest BCUT2D eigenvalue weighted by Gasteiger charge is 2.27. The van der Waals surface area contributed by atoms with Crippen LogP contribution in [-0.4, -0.2) is 39.6 Å². The number of carbonyl (C=O) groups is 2. The van der Waals surface area contributed by atoms with Gasteiger partial charge in [-0.1, -0.05) is 12.1 Å². The Balaban J connectivity index is 2.00. The summed E-state index contributed by atoms with van der Waals surface area (Å²) in [6.07, 6.45) is 1.59. The summed E-state index contributed by atoms with van der Waals surface area (Å²) in [5, 5.41) is 0. The van der Waals surface area contributed by atoms with Gasteiger partial charge in [0.25, 0.3) is 5.91 Å². The molecule has 0 spiro atoms. The number of rotatable bonds is 3. The van der Waals surface area contributed by atoms with Crippen LogP contribution in [0.2, 0.25) is 0 Å². The van der Waals surface area contributed by atoms with Crippen LogP contribution in [0.1, 0.15) is 32.7 Å². The lowest BCUT2D eigenvalue weighted by molar-refractivity contribution is 0.0599. The van der Waals surface area contributed by atoms with Crippen molar-refractivity contribution in [3.05, 3.63) is 59.2 Å². The predicted molar refractivity (Wildman–Crippen MR) is 98.5 cm³/mol. The molecule has 1 aliphatic rings. The molecule has 0 saturated heterocycles. The summed E-state index contributed by atoms with van der Waals surface area (Å²) in [4.78, 5) is 28.8. The van der Waals surface area contributed by atoms with Crippen molar-refractivity contribution in [1.29, 1.82) is 0 Å². The van der Waals surface area contributed by atoms with Crippen LogP contribution < -0.4 is 9.80 Å².